The van der Waals surface area contributed by atoms with Gasteiger partial charge in [0.1, 0.15) is 6.04 Å². The molecular weight excluding hydrogens is 226 g/mol. The molecular formula is C11H17NO3S. The predicted octanol–water partition coefficient (Wildman–Crippen LogP) is 1.41. The number of thioether (sulfide) groups is 1. The number of hydrogen-bond acceptors (Lipinski definition) is 3. The molecule has 1 saturated heterocycles. The van der Waals surface area contributed by atoms with Gasteiger partial charge in [-0.2, -0.15) is 0 Å². The van der Waals surface area contributed by atoms with Crippen molar-refractivity contribution in [2.45, 2.75) is 32.2 Å². The average Bonchev–Trinajstić information content (AvgIpc) is 2.84. The Bertz CT molecular complexity index is 308. The number of carbonyl (C=O) groups excluding carboxylic acids is 1. The van der Waals surface area contributed by atoms with Crippen molar-refractivity contribution in [1.82, 2.24) is 4.90 Å². The van der Waals surface area contributed by atoms with E-state index in [2.05, 4.69) is 6.92 Å². The number of amides is 1. The minimum absolute atomic E-state index is 0.0561. The molecule has 2 aliphatic rings. The molecule has 1 aliphatic carbocycles. The summed E-state index contributed by atoms with van der Waals surface area (Å²) in [6.07, 6.45) is 3.11. The number of rotatable bonds is 2. The van der Waals surface area contributed by atoms with Gasteiger partial charge in [0.25, 0.3) is 0 Å². The Morgan fingerprint density at radius 3 is 2.69 bits per heavy atom. The third-order valence-corrected chi connectivity index (χ3v) is 4.64. The molecule has 1 aliphatic heterocycles. The van der Waals surface area contributed by atoms with Crippen LogP contribution in [-0.2, 0) is 9.59 Å². The summed E-state index contributed by atoms with van der Waals surface area (Å²) in [6.45, 7) is 2.09. The van der Waals surface area contributed by atoms with E-state index in [1.807, 2.05) is 0 Å². The largest absolute Gasteiger partial charge is 0.480 e. The number of aliphatic carboxylic acids is 1. The van der Waals surface area contributed by atoms with Crippen molar-refractivity contribution in [2.75, 3.05) is 11.6 Å². The van der Waals surface area contributed by atoms with E-state index in [4.69, 9.17) is 5.11 Å². The van der Waals surface area contributed by atoms with Crippen LogP contribution >= 0.6 is 11.8 Å². The average molecular weight is 243 g/mol. The molecule has 1 saturated carbocycles. The van der Waals surface area contributed by atoms with Crippen molar-refractivity contribution in [2.24, 2.45) is 11.8 Å². The summed E-state index contributed by atoms with van der Waals surface area (Å²) < 4.78 is 0. The van der Waals surface area contributed by atoms with Gasteiger partial charge < -0.3 is 10.0 Å². The molecule has 0 aromatic rings. The Labute approximate surface area is 99.4 Å². The van der Waals surface area contributed by atoms with Gasteiger partial charge in [0, 0.05) is 11.7 Å². The lowest BCUT2D eigenvalue weighted by atomic mass is 9.96. The number of nitrogens with zero attached hydrogens (tertiary/aromatic N) is 1. The molecule has 0 spiro atoms. The molecule has 5 heteroatoms. The standard InChI is InChI=1S/C11H17NO3S/c1-7-3-2-4-8(7)10(13)12-6-16-5-9(12)11(14)15/h7-9H,2-6H2,1H3,(H,14,15). The van der Waals surface area contributed by atoms with Crippen LogP contribution in [0.3, 0.4) is 0 Å². The molecule has 2 rings (SSSR count). The molecule has 1 amide bonds. The smallest absolute Gasteiger partial charge is 0.327 e. The molecule has 3 atom stereocenters. The van der Waals surface area contributed by atoms with Crippen LogP contribution in [0.15, 0.2) is 0 Å². The van der Waals surface area contributed by atoms with Gasteiger partial charge >= 0.3 is 5.97 Å². The van der Waals surface area contributed by atoms with Crippen molar-refractivity contribution < 1.29 is 14.7 Å². The number of carbonyl (C=O) groups is 2. The lowest BCUT2D eigenvalue weighted by Gasteiger charge is -2.25. The van der Waals surface area contributed by atoms with Crippen molar-refractivity contribution >= 4 is 23.6 Å². The molecule has 0 aromatic heterocycles. The van der Waals surface area contributed by atoms with Crippen LogP contribution in [0.2, 0.25) is 0 Å². The number of carboxylic acids is 1. The zero-order chi connectivity index (χ0) is 11.7. The van der Waals surface area contributed by atoms with Gasteiger partial charge in [0.05, 0.1) is 5.88 Å². The molecule has 0 aromatic carbocycles. The summed E-state index contributed by atoms with van der Waals surface area (Å²) in [5.74, 6) is 0.723. The summed E-state index contributed by atoms with van der Waals surface area (Å²) in [5, 5.41) is 9.03. The molecule has 90 valence electrons. The Kier molecular flexibility index (Phi) is 3.42. The van der Waals surface area contributed by atoms with Gasteiger partial charge in [0.15, 0.2) is 0 Å². The topological polar surface area (TPSA) is 57.6 Å². The SMILES string of the molecule is CC1CCCC1C(=O)N1CSCC1C(=O)O. The molecule has 4 nitrogen and oxygen atoms in total. The van der Waals surface area contributed by atoms with Gasteiger partial charge in [0.2, 0.25) is 5.91 Å². The van der Waals surface area contributed by atoms with Crippen LogP contribution in [0.5, 0.6) is 0 Å². The Morgan fingerprint density at radius 1 is 1.38 bits per heavy atom. The van der Waals surface area contributed by atoms with E-state index in [9.17, 15) is 9.59 Å². The molecule has 0 bridgehead atoms. The van der Waals surface area contributed by atoms with Gasteiger partial charge in [-0.3, -0.25) is 4.79 Å². The van der Waals surface area contributed by atoms with Gasteiger partial charge in [-0.25, -0.2) is 4.79 Å². The maximum absolute atomic E-state index is 12.2. The summed E-state index contributed by atoms with van der Waals surface area (Å²) in [5.41, 5.74) is 0. The van der Waals surface area contributed by atoms with Crippen LogP contribution in [-0.4, -0.2) is 39.6 Å². The summed E-state index contributed by atoms with van der Waals surface area (Å²) in [6, 6.07) is -0.606. The zero-order valence-electron chi connectivity index (χ0n) is 9.39. The first-order valence-electron chi connectivity index (χ1n) is 5.72. The van der Waals surface area contributed by atoms with E-state index in [0.29, 0.717) is 17.5 Å². The second kappa shape index (κ2) is 4.65. The highest BCUT2D eigenvalue weighted by molar-refractivity contribution is 7.99. The molecule has 1 heterocycles. The van der Waals surface area contributed by atoms with E-state index >= 15 is 0 Å². The number of hydrogen-bond donors (Lipinski definition) is 1. The molecule has 1 N–H and O–H groups in total. The Morgan fingerprint density at radius 2 is 2.12 bits per heavy atom. The summed E-state index contributed by atoms with van der Waals surface area (Å²) >= 11 is 1.53. The maximum atomic E-state index is 12.2. The van der Waals surface area contributed by atoms with E-state index in [0.717, 1.165) is 19.3 Å². The van der Waals surface area contributed by atoms with Crippen molar-refractivity contribution in [3.05, 3.63) is 0 Å². The fourth-order valence-electron chi connectivity index (χ4n) is 2.59. The first kappa shape index (κ1) is 11.8. The third kappa shape index (κ3) is 2.05. The van der Waals surface area contributed by atoms with Crippen molar-refractivity contribution in [1.29, 1.82) is 0 Å². The first-order chi connectivity index (χ1) is 7.61. The lowest BCUT2D eigenvalue weighted by Crippen LogP contribution is -2.45. The van der Waals surface area contributed by atoms with E-state index in [1.54, 1.807) is 4.90 Å². The second-order valence-corrected chi connectivity index (χ2v) is 5.68. The molecule has 0 radical (unpaired) electrons. The van der Waals surface area contributed by atoms with E-state index < -0.39 is 12.0 Å². The Hall–Kier alpha value is -0.710. The predicted molar refractivity (Wildman–Crippen MR) is 62.1 cm³/mol. The maximum Gasteiger partial charge on any atom is 0.327 e. The van der Waals surface area contributed by atoms with Gasteiger partial charge in [-0.1, -0.05) is 13.3 Å². The van der Waals surface area contributed by atoms with E-state index in [1.165, 1.54) is 11.8 Å². The number of carboxylic acid groups (broad SMARTS) is 1. The van der Waals surface area contributed by atoms with Crippen LogP contribution in [0.25, 0.3) is 0 Å². The quantitative estimate of drug-likeness (QED) is 0.796. The van der Waals surface area contributed by atoms with Crippen molar-refractivity contribution in [3.8, 4) is 0 Å². The summed E-state index contributed by atoms with van der Waals surface area (Å²) in [7, 11) is 0. The highest BCUT2D eigenvalue weighted by atomic mass is 32.2. The fourth-order valence-corrected chi connectivity index (χ4v) is 3.74. The van der Waals surface area contributed by atoms with Gasteiger partial charge in [-0.15, -0.1) is 11.8 Å². The Balaban J connectivity index is 2.06. The summed E-state index contributed by atoms with van der Waals surface area (Å²) in [4.78, 5) is 24.8. The highest BCUT2D eigenvalue weighted by Gasteiger charge is 2.40. The minimum Gasteiger partial charge on any atom is -0.480 e. The minimum atomic E-state index is -0.871. The van der Waals surface area contributed by atoms with Crippen LogP contribution in [0.1, 0.15) is 26.2 Å². The molecule has 16 heavy (non-hydrogen) atoms. The van der Waals surface area contributed by atoms with Crippen LogP contribution < -0.4 is 0 Å². The molecule has 2 fully saturated rings. The van der Waals surface area contributed by atoms with Crippen molar-refractivity contribution in [3.63, 3.8) is 0 Å². The fraction of sp³-hybridized carbons (Fsp3) is 0.818. The third-order valence-electron chi connectivity index (χ3n) is 3.63. The first-order valence-corrected chi connectivity index (χ1v) is 6.87. The van der Waals surface area contributed by atoms with E-state index in [-0.39, 0.29) is 11.8 Å². The van der Waals surface area contributed by atoms with Crippen LogP contribution in [0.4, 0.5) is 0 Å². The highest BCUT2D eigenvalue weighted by Crippen LogP contribution is 2.34. The van der Waals surface area contributed by atoms with Gasteiger partial charge in [-0.05, 0) is 18.8 Å². The zero-order valence-corrected chi connectivity index (χ0v) is 10.2. The molecule has 3 unspecified atom stereocenters. The second-order valence-electron chi connectivity index (χ2n) is 4.68. The monoisotopic (exact) mass is 243 g/mol. The van der Waals surface area contributed by atoms with Crippen LogP contribution in [0, 0.1) is 11.8 Å². The lowest BCUT2D eigenvalue weighted by molar-refractivity contribution is -0.149. The normalized spacial score (nSPS) is 34.3.